The van der Waals surface area contributed by atoms with Crippen LogP contribution in [0.15, 0.2) is 48.5 Å². The summed E-state index contributed by atoms with van der Waals surface area (Å²) in [6, 6.07) is 15.6. The first-order chi connectivity index (χ1) is 14.5. The lowest BCUT2D eigenvalue weighted by Crippen LogP contribution is -2.31. The highest BCUT2D eigenvalue weighted by atomic mass is 35.5. The predicted molar refractivity (Wildman–Crippen MR) is 125 cm³/mol. The third-order valence-electron chi connectivity index (χ3n) is 5.69. The standard InChI is InChI=1S/C25H34ClN3O/c1-20(2)12-15-28-13-3-14-29(17-16-28)19-22-4-8-23(9-5-22)25(30)27-18-21-6-10-24(26)11-7-21/h4-11,20H,3,12-19H2,1-2H3,(H,27,30). The van der Waals surface area contributed by atoms with Gasteiger partial charge in [-0.1, -0.05) is 49.7 Å². The maximum atomic E-state index is 12.4. The Labute approximate surface area is 186 Å². The monoisotopic (exact) mass is 427 g/mol. The molecule has 1 aliphatic rings. The fourth-order valence-electron chi connectivity index (χ4n) is 3.75. The average Bonchev–Trinajstić information content (AvgIpc) is 2.97. The maximum absolute atomic E-state index is 12.4. The molecule has 1 fully saturated rings. The summed E-state index contributed by atoms with van der Waals surface area (Å²) in [5.74, 6) is 0.721. The van der Waals surface area contributed by atoms with Crippen molar-refractivity contribution < 1.29 is 4.79 Å². The molecule has 1 N–H and O–H groups in total. The van der Waals surface area contributed by atoms with Gasteiger partial charge < -0.3 is 10.2 Å². The van der Waals surface area contributed by atoms with Gasteiger partial charge in [0.1, 0.15) is 0 Å². The van der Waals surface area contributed by atoms with Gasteiger partial charge in [-0.2, -0.15) is 0 Å². The van der Waals surface area contributed by atoms with Crippen LogP contribution in [0.25, 0.3) is 0 Å². The Balaban J connectivity index is 1.45. The van der Waals surface area contributed by atoms with E-state index in [-0.39, 0.29) is 5.91 Å². The van der Waals surface area contributed by atoms with Gasteiger partial charge in [0.2, 0.25) is 0 Å². The number of rotatable bonds is 8. The van der Waals surface area contributed by atoms with Crippen molar-refractivity contribution in [1.82, 2.24) is 15.1 Å². The van der Waals surface area contributed by atoms with Crippen LogP contribution >= 0.6 is 11.6 Å². The molecular weight excluding hydrogens is 394 g/mol. The SMILES string of the molecule is CC(C)CCN1CCCN(Cc2ccc(C(=O)NCc3ccc(Cl)cc3)cc2)CC1. The van der Waals surface area contributed by atoms with Gasteiger partial charge >= 0.3 is 0 Å². The van der Waals surface area contributed by atoms with E-state index < -0.39 is 0 Å². The first kappa shape index (κ1) is 22.8. The van der Waals surface area contributed by atoms with E-state index in [0.717, 1.165) is 37.7 Å². The van der Waals surface area contributed by atoms with Crippen LogP contribution in [0, 0.1) is 5.92 Å². The third kappa shape index (κ3) is 7.42. The molecule has 162 valence electrons. The number of carbonyl (C=O) groups excluding carboxylic acids is 1. The van der Waals surface area contributed by atoms with Gasteiger partial charge in [0.15, 0.2) is 0 Å². The molecule has 30 heavy (non-hydrogen) atoms. The summed E-state index contributed by atoms with van der Waals surface area (Å²) in [6.07, 6.45) is 2.50. The van der Waals surface area contributed by atoms with Crippen molar-refractivity contribution in [2.75, 3.05) is 32.7 Å². The lowest BCUT2D eigenvalue weighted by Gasteiger charge is -2.22. The molecule has 0 spiro atoms. The fourth-order valence-corrected chi connectivity index (χ4v) is 3.88. The molecule has 0 aliphatic carbocycles. The Bertz CT molecular complexity index is 789. The average molecular weight is 428 g/mol. The molecule has 0 radical (unpaired) electrons. The minimum absolute atomic E-state index is 0.0490. The summed E-state index contributed by atoms with van der Waals surface area (Å²) in [7, 11) is 0. The topological polar surface area (TPSA) is 35.6 Å². The molecule has 0 aromatic heterocycles. The van der Waals surface area contributed by atoms with Crippen LogP contribution < -0.4 is 5.32 Å². The molecule has 2 aromatic rings. The first-order valence-corrected chi connectivity index (χ1v) is 11.4. The molecule has 4 nitrogen and oxygen atoms in total. The van der Waals surface area contributed by atoms with Gasteiger partial charge in [0, 0.05) is 36.8 Å². The molecule has 0 unspecified atom stereocenters. The second-order valence-electron chi connectivity index (χ2n) is 8.66. The second-order valence-corrected chi connectivity index (χ2v) is 9.10. The van der Waals surface area contributed by atoms with Crippen LogP contribution in [-0.4, -0.2) is 48.4 Å². The summed E-state index contributed by atoms with van der Waals surface area (Å²) in [5.41, 5.74) is 3.00. The predicted octanol–water partition coefficient (Wildman–Crippen LogP) is 4.82. The number of carbonyl (C=O) groups is 1. The summed E-state index contributed by atoms with van der Waals surface area (Å²) in [6.45, 7) is 11.9. The van der Waals surface area contributed by atoms with Gasteiger partial charge in [-0.15, -0.1) is 0 Å². The van der Waals surface area contributed by atoms with E-state index >= 15 is 0 Å². The summed E-state index contributed by atoms with van der Waals surface area (Å²) >= 11 is 5.90. The van der Waals surface area contributed by atoms with Crippen LogP contribution in [0.1, 0.15) is 48.2 Å². The zero-order chi connectivity index (χ0) is 21.3. The summed E-state index contributed by atoms with van der Waals surface area (Å²) < 4.78 is 0. The van der Waals surface area contributed by atoms with Crippen LogP contribution in [0.5, 0.6) is 0 Å². The third-order valence-corrected chi connectivity index (χ3v) is 5.94. The molecular formula is C25H34ClN3O. The summed E-state index contributed by atoms with van der Waals surface area (Å²) in [5, 5.41) is 3.67. The van der Waals surface area contributed by atoms with Crippen molar-refractivity contribution in [1.29, 1.82) is 0 Å². The highest BCUT2D eigenvalue weighted by Crippen LogP contribution is 2.13. The van der Waals surface area contributed by atoms with Crippen LogP contribution in [0.4, 0.5) is 0 Å². The van der Waals surface area contributed by atoms with Gasteiger partial charge in [0.25, 0.3) is 5.91 Å². The van der Waals surface area contributed by atoms with Crippen molar-refractivity contribution in [2.45, 2.75) is 39.8 Å². The van der Waals surface area contributed by atoms with E-state index in [9.17, 15) is 4.79 Å². The lowest BCUT2D eigenvalue weighted by molar-refractivity contribution is 0.0951. The largest absolute Gasteiger partial charge is 0.348 e. The number of hydrogen-bond donors (Lipinski definition) is 1. The number of benzene rings is 2. The molecule has 1 saturated heterocycles. The normalized spacial score (nSPS) is 15.9. The highest BCUT2D eigenvalue weighted by molar-refractivity contribution is 6.30. The molecule has 5 heteroatoms. The minimum Gasteiger partial charge on any atom is -0.348 e. The Morgan fingerprint density at radius 1 is 0.933 bits per heavy atom. The number of nitrogens with one attached hydrogen (secondary N) is 1. The smallest absolute Gasteiger partial charge is 0.251 e. The van der Waals surface area contributed by atoms with Crippen molar-refractivity contribution >= 4 is 17.5 Å². The molecule has 1 amide bonds. The van der Waals surface area contributed by atoms with Crippen LogP contribution in [0.2, 0.25) is 5.02 Å². The zero-order valence-electron chi connectivity index (χ0n) is 18.2. The van der Waals surface area contributed by atoms with E-state index in [1.54, 1.807) is 0 Å². The Hall–Kier alpha value is -1.88. The number of hydrogen-bond acceptors (Lipinski definition) is 3. The highest BCUT2D eigenvalue weighted by Gasteiger charge is 2.15. The molecule has 0 bridgehead atoms. The van der Waals surface area contributed by atoms with Gasteiger partial charge in [-0.25, -0.2) is 0 Å². The fraction of sp³-hybridized carbons (Fsp3) is 0.480. The Morgan fingerprint density at radius 2 is 1.57 bits per heavy atom. The lowest BCUT2D eigenvalue weighted by atomic mass is 10.1. The first-order valence-electron chi connectivity index (χ1n) is 11.1. The molecule has 0 atom stereocenters. The van der Waals surface area contributed by atoms with Crippen LogP contribution in [0.3, 0.4) is 0 Å². The molecule has 0 saturated carbocycles. The summed E-state index contributed by atoms with van der Waals surface area (Å²) in [4.78, 5) is 17.6. The van der Waals surface area contributed by atoms with Crippen LogP contribution in [-0.2, 0) is 13.1 Å². The molecule has 2 aromatic carbocycles. The molecule has 1 aliphatic heterocycles. The van der Waals surface area contributed by atoms with Gasteiger partial charge in [0.05, 0.1) is 0 Å². The Kier molecular flexibility index (Phi) is 8.74. The number of amides is 1. The van der Waals surface area contributed by atoms with Crippen molar-refractivity contribution in [3.8, 4) is 0 Å². The zero-order valence-corrected chi connectivity index (χ0v) is 19.0. The second kappa shape index (κ2) is 11.5. The number of nitrogens with zero attached hydrogens (tertiary/aromatic N) is 2. The van der Waals surface area contributed by atoms with Gasteiger partial charge in [-0.3, -0.25) is 9.69 Å². The maximum Gasteiger partial charge on any atom is 0.251 e. The van der Waals surface area contributed by atoms with Gasteiger partial charge in [-0.05, 0) is 73.8 Å². The van der Waals surface area contributed by atoms with Crippen molar-refractivity contribution in [2.24, 2.45) is 5.92 Å². The van der Waals surface area contributed by atoms with E-state index in [0.29, 0.717) is 17.1 Å². The minimum atomic E-state index is -0.0490. The van der Waals surface area contributed by atoms with Crippen molar-refractivity contribution in [3.05, 3.63) is 70.2 Å². The Morgan fingerprint density at radius 3 is 2.27 bits per heavy atom. The van der Waals surface area contributed by atoms with E-state index in [2.05, 4.69) is 41.1 Å². The molecule has 1 heterocycles. The number of halogens is 1. The molecule has 3 rings (SSSR count). The van der Waals surface area contributed by atoms with E-state index in [4.69, 9.17) is 11.6 Å². The van der Waals surface area contributed by atoms with Crippen molar-refractivity contribution in [3.63, 3.8) is 0 Å². The van der Waals surface area contributed by atoms with E-state index in [1.807, 2.05) is 36.4 Å². The quantitative estimate of drug-likeness (QED) is 0.655. The van der Waals surface area contributed by atoms with E-state index in [1.165, 1.54) is 31.5 Å².